The second-order valence-corrected chi connectivity index (χ2v) is 5.23. The van der Waals surface area contributed by atoms with Crippen LogP contribution in [0.1, 0.15) is 30.1 Å². The molecule has 0 amide bonds. The zero-order valence-electron chi connectivity index (χ0n) is 10.4. The molecule has 1 heterocycles. The first-order valence-corrected chi connectivity index (χ1v) is 6.19. The van der Waals surface area contributed by atoms with Crippen LogP contribution >= 0.6 is 11.6 Å². The molecule has 1 aromatic heterocycles. The molecule has 1 N–H and O–H groups in total. The zero-order valence-corrected chi connectivity index (χ0v) is 11.1. The molecule has 1 aliphatic carbocycles. The summed E-state index contributed by atoms with van der Waals surface area (Å²) < 4.78 is 5.10. The molecule has 1 aliphatic rings. The van der Waals surface area contributed by atoms with Gasteiger partial charge in [-0.1, -0.05) is 11.6 Å². The van der Waals surface area contributed by atoms with Crippen molar-refractivity contribution < 1.29 is 19.1 Å². The fourth-order valence-electron chi connectivity index (χ4n) is 1.53. The van der Waals surface area contributed by atoms with Crippen LogP contribution in [-0.2, 0) is 4.79 Å². The molecule has 100 valence electrons. The molecule has 0 bridgehead atoms. The summed E-state index contributed by atoms with van der Waals surface area (Å²) in [5, 5.41) is 9.64. The van der Waals surface area contributed by atoms with Gasteiger partial charge in [0.15, 0.2) is 5.58 Å². The SMILES string of the molecule is CC1(C(=O)O)CC1.O=Cc1cc(Cl)c2occc2c1. The Morgan fingerprint density at radius 2 is 2.16 bits per heavy atom. The van der Waals surface area contributed by atoms with Crippen LogP contribution in [0.2, 0.25) is 5.02 Å². The lowest BCUT2D eigenvalue weighted by Crippen LogP contribution is -2.08. The van der Waals surface area contributed by atoms with Crippen molar-refractivity contribution in [2.24, 2.45) is 5.41 Å². The molecule has 0 aliphatic heterocycles. The fraction of sp³-hybridized carbons (Fsp3) is 0.286. The van der Waals surface area contributed by atoms with Gasteiger partial charge in [-0.05, 0) is 38.0 Å². The number of carbonyl (C=O) groups excluding carboxylic acids is 1. The highest BCUT2D eigenvalue weighted by Crippen LogP contribution is 2.44. The van der Waals surface area contributed by atoms with Crippen LogP contribution in [0.25, 0.3) is 11.0 Å². The summed E-state index contributed by atoms with van der Waals surface area (Å²) in [6, 6.07) is 5.09. The van der Waals surface area contributed by atoms with Crippen LogP contribution in [0.4, 0.5) is 0 Å². The number of aliphatic carboxylic acids is 1. The maximum absolute atomic E-state index is 10.4. The van der Waals surface area contributed by atoms with E-state index in [0.717, 1.165) is 24.5 Å². The molecule has 0 radical (unpaired) electrons. The van der Waals surface area contributed by atoms with Crippen LogP contribution in [0.15, 0.2) is 28.9 Å². The Labute approximate surface area is 115 Å². The van der Waals surface area contributed by atoms with Crippen molar-refractivity contribution in [3.05, 3.63) is 35.0 Å². The number of halogens is 1. The molecule has 3 rings (SSSR count). The molecular formula is C14H13ClO4. The van der Waals surface area contributed by atoms with E-state index in [2.05, 4.69) is 0 Å². The summed E-state index contributed by atoms with van der Waals surface area (Å²) in [7, 11) is 0. The van der Waals surface area contributed by atoms with Crippen molar-refractivity contribution in [2.75, 3.05) is 0 Å². The van der Waals surface area contributed by atoms with Gasteiger partial charge in [-0.2, -0.15) is 0 Å². The molecule has 0 saturated heterocycles. The van der Waals surface area contributed by atoms with E-state index >= 15 is 0 Å². The highest BCUT2D eigenvalue weighted by atomic mass is 35.5. The number of hydrogen-bond donors (Lipinski definition) is 1. The van der Waals surface area contributed by atoms with E-state index in [0.29, 0.717) is 16.2 Å². The highest BCUT2D eigenvalue weighted by molar-refractivity contribution is 6.35. The molecule has 1 saturated carbocycles. The summed E-state index contributed by atoms with van der Waals surface area (Å²) >= 11 is 5.83. The number of benzene rings is 1. The molecule has 5 heteroatoms. The highest BCUT2D eigenvalue weighted by Gasteiger charge is 2.44. The van der Waals surface area contributed by atoms with Crippen molar-refractivity contribution in [2.45, 2.75) is 19.8 Å². The van der Waals surface area contributed by atoms with Gasteiger partial charge < -0.3 is 9.52 Å². The second-order valence-electron chi connectivity index (χ2n) is 4.83. The summed E-state index contributed by atoms with van der Waals surface area (Å²) in [5.41, 5.74) is 0.858. The maximum Gasteiger partial charge on any atom is 0.309 e. The third-order valence-corrected chi connectivity index (χ3v) is 3.46. The van der Waals surface area contributed by atoms with E-state index in [4.69, 9.17) is 21.1 Å². The fourth-order valence-corrected chi connectivity index (χ4v) is 1.81. The minimum absolute atomic E-state index is 0.333. The Bertz CT molecular complexity index is 625. The number of aldehydes is 1. The summed E-state index contributed by atoms with van der Waals surface area (Å²) in [4.78, 5) is 20.5. The number of furan rings is 1. The number of hydrogen-bond acceptors (Lipinski definition) is 3. The summed E-state index contributed by atoms with van der Waals surface area (Å²) in [6.45, 7) is 1.77. The quantitative estimate of drug-likeness (QED) is 0.850. The lowest BCUT2D eigenvalue weighted by atomic mass is 10.2. The van der Waals surface area contributed by atoms with Crippen LogP contribution in [0.5, 0.6) is 0 Å². The average Bonchev–Trinajstić information content (AvgIpc) is 2.95. The van der Waals surface area contributed by atoms with Crippen molar-refractivity contribution in [3.63, 3.8) is 0 Å². The lowest BCUT2D eigenvalue weighted by molar-refractivity contribution is -0.142. The van der Waals surface area contributed by atoms with Gasteiger partial charge in [0.2, 0.25) is 0 Å². The summed E-state index contributed by atoms with van der Waals surface area (Å²) in [6.07, 6.45) is 4.04. The van der Waals surface area contributed by atoms with Crippen LogP contribution in [0, 0.1) is 5.41 Å². The maximum atomic E-state index is 10.4. The van der Waals surface area contributed by atoms with E-state index < -0.39 is 5.97 Å². The Morgan fingerprint density at radius 1 is 1.47 bits per heavy atom. The van der Waals surface area contributed by atoms with E-state index in [1.165, 1.54) is 0 Å². The van der Waals surface area contributed by atoms with E-state index in [9.17, 15) is 9.59 Å². The molecule has 0 spiro atoms. The van der Waals surface area contributed by atoms with Gasteiger partial charge in [0.25, 0.3) is 0 Å². The van der Waals surface area contributed by atoms with Crippen LogP contribution in [0.3, 0.4) is 0 Å². The number of carboxylic acids is 1. The van der Waals surface area contributed by atoms with Gasteiger partial charge in [0.1, 0.15) is 6.29 Å². The van der Waals surface area contributed by atoms with Gasteiger partial charge in [0, 0.05) is 10.9 Å². The van der Waals surface area contributed by atoms with E-state index in [1.807, 2.05) is 0 Å². The third-order valence-electron chi connectivity index (χ3n) is 3.18. The number of fused-ring (bicyclic) bond motifs is 1. The third kappa shape index (κ3) is 2.96. The second kappa shape index (κ2) is 5.05. The molecule has 1 fully saturated rings. The number of carboxylic acid groups (broad SMARTS) is 1. The largest absolute Gasteiger partial charge is 0.481 e. The van der Waals surface area contributed by atoms with Crippen molar-refractivity contribution >= 4 is 34.8 Å². The monoisotopic (exact) mass is 280 g/mol. The molecule has 4 nitrogen and oxygen atoms in total. The summed E-state index contributed by atoms with van der Waals surface area (Å²) in [5.74, 6) is -0.646. The number of rotatable bonds is 2. The van der Waals surface area contributed by atoms with Crippen LogP contribution in [-0.4, -0.2) is 17.4 Å². The Kier molecular flexibility index (Phi) is 3.62. The minimum atomic E-state index is -0.646. The van der Waals surface area contributed by atoms with Crippen molar-refractivity contribution in [1.82, 2.24) is 0 Å². The van der Waals surface area contributed by atoms with Gasteiger partial charge in [-0.15, -0.1) is 0 Å². The van der Waals surface area contributed by atoms with Gasteiger partial charge >= 0.3 is 5.97 Å². The van der Waals surface area contributed by atoms with Crippen molar-refractivity contribution in [1.29, 1.82) is 0 Å². The molecule has 0 atom stereocenters. The Balaban J connectivity index is 0.000000163. The molecule has 2 aromatic rings. The predicted molar refractivity (Wildman–Crippen MR) is 71.6 cm³/mol. The normalized spacial score (nSPS) is 15.5. The smallest absolute Gasteiger partial charge is 0.309 e. The number of carbonyl (C=O) groups is 2. The average molecular weight is 281 g/mol. The minimum Gasteiger partial charge on any atom is -0.481 e. The Morgan fingerprint density at radius 3 is 2.63 bits per heavy atom. The van der Waals surface area contributed by atoms with E-state index in [1.54, 1.807) is 31.4 Å². The van der Waals surface area contributed by atoms with Gasteiger partial charge in [0.05, 0.1) is 16.7 Å². The molecule has 19 heavy (non-hydrogen) atoms. The first-order chi connectivity index (χ1) is 8.96. The first kappa shape index (κ1) is 13.6. The molecule has 0 unspecified atom stereocenters. The van der Waals surface area contributed by atoms with Gasteiger partial charge in [-0.25, -0.2) is 0 Å². The topological polar surface area (TPSA) is 67.5 Å². The van der Waals surface area contributed by atoms with E-state index in [-0.39, 0.29) is 5.41 Å². The molecular weight excluding hydrogens is 268 g/mol. The Hall–Kier alpha value is -1.81. The lowest BCUT2D eigenvalue weighted by Gasteiger charge is -1.94. The van der Waals surface area contributed by atoms with Gasteiger partial charge in [-0.3, -0.25) is 9.59 Å². The van der Waals surface area contributed by atoms with Crippen LogP contribution < -0.4 is 0 Å². The van der Waals surface area contributed by atoms with Crippen molar-refractivity contribution in [3.8, 4) is 0 Å². The first-order valence-electron chi connectivity index (χ1n) is 5.81. The standard InChI is InChI=1S/C9H5ClO2.C5H8O2/c10-8-4-6(5-11)3-7-1-2-12-9(7)8;1-5(2-3-5)4(6)7/h1-5H;2-3H2,1H3,(H,6,7). The molecule has 1 aromatic carbocycles. The predicted octanol–water partition coefficient (Wildman–Crippen LogP) is 3.77. The zero-order chi connectivity index (χ0) is 14.0.